The van der Waals surface area contributed by atoms with E-state index in [2.05, 4.69) is 21.9 Å². The highest BCUT2D eigenvalue weighted by molar-refractivity contribution is 6.08. The maximum Gasteiger partial charge on any atom is 0.228 e. The van der Waals surface area contributed by atoms with Gasteiger partial charge in [0.25, 0.3) is 0 Å². The van der Waals surface area contributed by atoms with Crippen LogP contribution in [0.4, 0.5) is 0 Å². The van der Waals surface area contributed by atoms with Gasteiger partial charge in [0.2, 0.25) is 5.78 Å². The summed E-state index contributed by atoms with van der Waals surface area (Å²) < 4.78 is 1.88. The Morgan fingerprint density at radius 2 is 1.90 bits per heavy atom. The van der Waals surface area contributed by atoms with Crippen LogP contribution in [0.3, 0.4) is 0 Å². The summed E-state index contributed by atoms with van der Waals surface area (Å²) in [6.07, 6.45) is 7.70. The molecule has 3 rings (SSSR count). The first-order valence-corrected chi connectivity index (χ1v) is 6.56. The fourth-order valence-electron chi connectivity index (χ4n) is 2.17. The SMILES string of the molecule is CCCn1ccnc1C(=O)c1ccc2nccnc2c1. The lowest BCUT2D eigenvalue weighted by molar-refractivity contribution is 0.102. The largest absolute Gasteiger partial charge is 0.328 e. The summed E-state index contributed by atoms with van der Waals surface area (Å²) >= 11 is 0. The molecule has 0 N–H and O–H groups in total. The number of nitrogens with zero attached hydrogens (tertiary/aromatic N) is 4. The smallest absolute Gasteiger partial charge is 0.228 e. The van der Waals surface area contributed by atoms with Gasteiger partial charge in [-0.3, -0.25) is 14.8 Å². The van der Waals surface area contributed by atoms with E-state index in [1.807, 2.05) is 16.8 Å². The number of hydrogen-bond acceptors (Lipinski definition) is 4. The highest BCUT2D eigenvalue weighted by atomic mass is 16.1. The topological polar surface area (TPSA) is 60.7 Å². The van der Waals surface area contributed by atoms with E-state index >= 15 is 0 Å². The fraction of sp³-hybridized carbons (Fsp3) is 0.200. The lowest BCUT2D eigenvalue weighted by Crippen LogP contribution is -2.11. The number of carbonyl (C=O) groups is 1. The van der Waals surface area contributed by atoms with E-state index in [9.17, 15) is 4.79 Å². The minimum absolute atomic E-state index is 0.0870. The fourth-order valence-corrected chi connectivity index (χ4v) is 2.17. The molecule has 0 spiro atoms. The van der Waals surface area contributed by atoms with Crippen LogP contribution in [0.2, 0.25) is 0 Å². The molecule has 0 aliphatic carbocycles. The molecular formula is C15H14N4O. The number of aryl methyl sites for hydroxylation is 1. The molecular weight excluding hydrogens is 252 g/mol. The summed E-state index contributed by atoms with van der Waals surface area (Å²) in [4.78, 5) is 25.1. The third-order valence-electron chi connectivity index (χ3n) is 3.11. The average Bonchev–Trinajstić information content (AvgIpc) is 2.94. The Morgan fingerprint density at radius 3 is 2.70 bits per heavy atom. The van der Waals surface area contributed by atoms with Crippen LogP contribution < -0.4 is 0 Å². The maximum absolute atomic E-state index is 12.5. The van der Waals surface area contributed by atoms with Gasteiger partial charge in [0, 0.05) is 36.9 Å². The Morgan fingerprint density at radius 1 is 1.10 bits per heavy atom. The first-order chi connectivity index (χ1) is 9.79. The predicted molar refractivity (Wildman–Crippen MR) is 75.5 cm³/mol. The predicted octanol–water partition coefficient (Wildman–Crippen LogP) is 2.47. The number of rotatable bonds is 4. The molecule has 0 aliphatic heterocycles. The lowest BCUT2D eigenvalue weighted by atomic mass is 10.1. The van der Waals surface area contributed by atoms with Gasteiger partial charge in [-0.2, -0.15) is 0 Å². The number of fused-ring (bicyclic) bond motifs is 1. The molecule has 0 amide bonds. The number of ketones is 1. The van der Waals surface area contributed by atoms with Crippen LogP contribution in [0.25, 0.3) is 11.0 Å². The molecule has 0 fully saturated rings. The van der Waals surface area contributed by atoms with Crippen molar-refractivity contribution < 1.29 is 4.79 Å². The molecule has 0 aliphatic rings. The molecule has 5 heteroatoms. The number of benzene rings is 1. The maximum atomic E-state index is 12.5. The van der Waals surface area contributed by atoms with E-state index in [0.717, 1.165) is 18.5 Å². The second kappa shape index (κ2) is 5.21. The standard InChI is InChI=1S/C15H14N4O/c1-2-8-19-9-7-18-15(19)14(20)11-3-4-12-13(10-11)17-6-5-16-12/h3-7,9-10H,2,8H2,1H3. The van der Waals surface area contributed by atoms with E-state index in [1.54, 1.807) is 30.7 Å². The van der Waals surface area contributed by atoms with Crippen LogP contribution in [0.5, 0.6) is 0 Å². The molecule has 0 atom stereocenters. The van der Waals surface area contributed by atoms with Crippen molar-refractivity contribution in [2.24, 2.45) is 0 Å². The van der Waals surface area contributed by atoms with Crippen molar-refractivity contribution in [2.75, 3.05) is 0 Å². The van der Waals surface area contributed by atoms with Crippen LogP contribution >= 0.6 is 0 Å². The van der Waals surface area contributed by atoms with Gasteiger partial charge < -0.3 is 4.57 Å². The van der Waals surface area contributed by atoms with E-state index in [0.29, 0.717) is 16.9 Å². The van der Waals surface area contributed by atoms with Crippen LogP contribution in [-0.4, -0.2) is 25.3 Å². The Bertz CT molecular complexity index is 763. The van der Waals surface area contributed by atoms with E-state index in [-0.39, 0.29) is 5.78 Å². The minimum atomic E-state index is -0.0870. The van der Waals surface area contributed by atoms with Gasteiger partial charge in [0.1, 0.15) is 0 Å². The minimum Gasteiger partial charge on any atom is -0.328 e. The summed E-state index contributed by atoms with van der Waals surface area (Å²) in [5, 5.41) is 0. The zero-order valence-corrected chi connectivity index (χ0v) is 11.2. The number of hydrogen-bond donors (Lipinski definition) is 0. The quantitative estimate of drug-likeness (QED) is 0.681. The molecule has 2 aromatic heterocycles. The average molecular weight is 266 g/mol. The number of aromatic nitrogens is 4. The molecule has 3 aromatic rings. The van der Waals surface area contributed by atoms with Crippen molar-refractivity contribution in [1.29, 1.82) is 0 Å². The molecule has 20 heavy (non-hydrogen) atoms. The van der Waals surface area contributed by atoms with Crippen molar-refractivity contribution in [1.82, 2.24) is 19.5 Å². The molecule has 0 unspecified atom stereocenters. The number of imidazole rings is 1. The first kappa shape index (κ1) is 12.5. The summed E-state index contributed by atoms with van der Waals surface area (Å²) in [6, 6.07) is 5.34. The van der Waals surface area contributed by atoms with Gasteiger partial charge in [0.15, 0.2) is 5.82 Å². The van der Waals surface area contributed by atoms with Crippen LogP contribution in [0, 0.1) is 0 Å². The van der Waals surface area contributed by atoms with Crippen molar-refractivity contribution >= 4 is 16.8 Å². The van der Waals surface area contributed by atoms with Gasteiger partial charge in [-0.05, 0) is 24.6 Å². The zero-order chi connectivity index (χ0) is 13.9. The van der Waals surface area contributed by atoms with E-state index in [1.165, 1.54) is 0 Å². The molecule has 5 nitrogen and oxygen atoms in total. The highest BCUT2D eigenvalue weighted by Gasteiger charge is 2.15. The third kappa shape index (κ3) is 2.18. The van der Waals surface area contributed by atoms with Crippen molar-refractivity contribution in [2.45, 2.75) is 19.9 Å². The zero-order valence-electron chi connectivity index (χ0n) is 11.2. The van der Waals surface area contributed by atoms with Gasteiger partial charge >= 0.3 is 0 Å². The third-order valence-corrected chi connectivity index (χ3v) is 3.11. The Labute approximate surface area is 116 Å². The van der Waals surface area contributed by atoms with Gasteiger partial charge in [-0.25, -0.2) is 4.98 Å². The van der Waals surface area contributed by atoms with E-state index < -0.39 is 0 Å². The summed E-state index contributed by atoms with van der Waals surface area (Å²) in [6.45, 7) is 2.86. The van der Waals surface area contributed by atoms with Crippen LogP contribution in [0.1, 0.15) is 29.5 Å². The molecule has 100 valence electrons. The number of carbonyl (C=O) groups excluding carboxylic acids is 1. The summed E-state index contributed by atoms with van der Waals surface area (Å²) in [5.41, 5.74) is 2.08. The highest BCUT2D eigenvalue weighted by Crippen LogP contribution is 2.14. The second-order valence-electron chi connectivity index (χ2n) is 4.53. The van der Waals surface area contributed by atoms with Gasteiger partial charge in [-0.1, -0.05) is 6.92 Å². The Kier molecular flexibility index (Phi) is 3.25. The molecule has 0 radical (unpaired) electrons. The van der Waals surface area contributed by atoms with Crippen LogP contribution in [-0.2, 0) is 6.54 Å². The van der Waals surface area contributed by atoms with Gasteiger partial charge in [-0.15, -0.1) is 0 Å². The molecule has 0 saturated carbocycles. The summed E-state index contributed by atoms with van der Waals surface area (Å²) in [5.74, 6) is 0.381. The second-order valence-corrected chi connectivity index (χ2v) is 4.53. The lowest BCUT2D eigenvalue weighted by Gasteiger charge is -2.05. The monoisotopic (exact) mass is 266 g/mol. The summed E-state index contributed by atoms with van der Waals surface area (Å²) in [7, 11) is 0. The van der Waals surface area contributed by atoms with Crippen LogP contribution in [0.15, 0.2) is 43.0 Å². The van der Waals surface area contributed by atoms with Crippen molar-refractivity contribution in [3.05, 3.63) is 54.4 Å². The Hall–Kier alpha value is -2.56. The van der Waals surface area contributed by atoms with Crippen molar-refractivity contribution in [3.63, 3.8) is 0 Å². The normalized spacial score (nSPS) is 10.8. The Balaban J connectivity index is 2.01. The molecule has 1 aromatic carbocycles. The van der Waals surface area contributed by atoms with Gasteiger partial charge in [0.05, 0.1) is 11.0 Å². The molecule has 0 saturated heterocycles. The molecule has 2 heterocycles. The molecule has 0 bridgehead atoms. The first-order valence-electron chi connectivity index (χ1n) is 6.56. The van der Waals surface area contributed by atoms with E-state index in [4.69, 9.17) is 0 Å². The van der Waals surface area contributed by atoms with Crippen molar-refractivity contribution in [3.8, 4) is 0 Å².